The molecule has 0 saturated heterocycles. The van der Waals surface area contributed by atoms with Crippen LogP contribution < -0.4 is 4.74 Å². The third-order valence-corrected chi connectivity index (χ3v) is 3.45. The van der Waals surface area contributed by atoms with Crippen LogP contribution in [-0.4, -0.2) is 24.3 Å². The fourth-order valence-electron chi connectivity index (χ4n) is 2.13. The molecule has 0 aliphatic carbocycles. The minimum atomic E-state index is -0.711. The van der Waals surface area contributed by atoms with Gasteiger partial charge < -0.3 is 13.9 Å². The highest BCUT2D eigenvalue weighted by molar-refractivity contribution is 5.99. The van der Waals surface area contributed by atoms with E-state index in [2.05, 4.69) is 0 Å². The Morgan fingerprint density at radius 3 is 2.15 bits per heavy atom. The first kappa shape index (κ1) is 17.2. The molecular formula is C20H14O6. The van der Waals surface area contributed by atoms with Crippen molar-refractivity contribution in [2.75, 3.05) is 6.61 Å². The molecule has 130 valence electrons. The van der Waals surface area contributed by atoms with Crippen molar-refractivity contribution >= 4 is 17.7 Å². The molecule has 0 fully saturated rings. The van der Waals surface area contributed by atoms with Crippen molar-refractivity contribution in [2.45, 2.75) is 0 Å². The number of ketones is 1. The van der Waals surface area contributed by atoms with E-state index in [0.29, 0.717) is 16.9 Å². The van der Waals surface area contributed by atoms with Gasteiger partial charge >= 0.3 is 11.9 Å². The molecule has 0 N–H and O–H groups in total. The molecule has 0 bridgehead atoms. The van der Waals surface area contributed by atoms with Gasteiger partial charge in [0.15, 0.2) is 12.4 Å². The van der Waals surface area contributed by atoms with Gasteiger partial charge in [-0.15, -0.1) is 0 Å². The van der Waals surface area contributed by atoms with Crippen LogP contribution in [0.4, 0.5) is 0 Å². The molecule has 3 aromatic rings. The number of hydrogen-bond donors (Lipinski definition) is 0. The monoisotopic (exact) mass is 350 g/mol. The third kappa shape index (κ3) is 4.24. The predicted molar refractivity (Wildman–Crippen MR) is 91.2 cm³/mol. The van der Waals surface area contributed by atoms with Crippen LogP contribution in [0, 0.1) is 0 Å². The molecule has 1 aromatic heterocycles. The van der Waals surface area contributed by atoms with Crippen molar-refractivity contribution in [1.82, 2.24) is 0 Å². The van der Waals surface area contributed by atoms with Gasteiger partial charge in [0, 0.05) is 5.56 Å². The molecule has 0 radical (unpaired) electrons. The number of benzene rings is 2. The first-order valence-electron chi connectivity index (χ1n) is 7.74. The molecule has 6 heteroatoms. The molecule has 0 atom stereocenters. The summed E-state index contributed by atoms with van der Waals surface area (Å²) in [5, 5.41) is 0. The van der Waals surface area contributed by atoms with Gasteiger partial charge in [0.05, 0.1) is 11.8 Å². The summed E-state index contributed by atoms with van der Waals surface area (Å²) in [6, 6.07) is 17.6. The fraction of sp³-hybridized carbons (Fsp3) is 0.0500. The van der Waals surface area contributed by atoms with Crippen molar-refractivity contribution in [3.8, 4) is 5.75 Å². The summed E-state index contributed by atoms with van der Waals surface area (Å²) >= 11 is 0. The van der Waals surface area contributed by atoms with Crippen molar-refractivity contribution in [1.29, 1.82) is 0 Å². The van der Waals surface area contributed by atoms with Crippen molar-refractivity contribution < 1.29 is 28.3 Å². The highest BCUT2D eigenvalue weighted by Gasteiger charge is 2.14. The summed E-state index contributed by atoms with van der Waals surface area (Å²) in [5.41, 5.74) is 0.759. The average molecular weight is 350 g/mol. The molecule has 26 heavy (non-hydrogen) atoms. The SMILES string of the molecule is O=C(COC(=O)c1ccco1)c1ccc(OC(=O)c2ccccc2)cc1. The second kappa shape index (κ2) is 7.94. The van der Waals surface area contributed by atoms with E-state index in [1.165, 1.54) is 36.6 Å². The lowest BCUT2D eigenvalue weighted by atomic mass is 10.1. The molecule has 0 saturated carbocycles. The summed E-state index contributed by atoms with van der Waals surface area (Å²) in [6.07, 6.45) is 1.34. The Bertz CT molecular complexity index is 895. The van der Waals surface area contributed by atoms with Crippen LogP contribution >= 0.6 is 0 Å². The molecule has 0 aliphatic heterocycles. The van der Waals surface area contributed by atoms with Gasteiger partial charge in [-0.2, -0.15) is 0 Å². The average Bonchev–Trinajstić information content (AvgIpc) is 3.22. The minimum absolute atomic E-state index is 0.0287. The molecule has 1 heterocycles. The molecule has 0 aliphatic rings. The molecule has 0 spiro atoms. The highest BCUT2D eigenvalue weighted by Crippen LogP contribution is 2.15. The van der Waals surface area contributed by atoms with Crippen molar-refractivity contribution in [2.24, 2.45) is 0 Å². The summed E-state index contributed by atoms with van der Waals surface area (Å²) < 4.78 is 15.0. The van der Waals surface area contributed by atoms with Gasteiger partial charge in [-0.3, -0.25) is 4.79 Å². The lowest BCUT2D eigenvalue weighted by Gasteiger charge is -2.06. The number of carbonyl (C=O) groups is 3. The van der Waals surface area contributed by atoms with E-state index < -0.39 is 18.5 Å². The van der Waals surface area contributed by atoms with Gasteiger partial charge in [0.1, 0.15) is 5.75 Å². The van der Waals surface area contributed by atoms with Gasteiger partial charge in [-0.05, 0) is 48.5 Å². The van der Waals surface area contributed by atoms with Gasteiger partial charge in [-0.25, -0.2) is 9.59 Å². The van der Waals surface area contributed by atoms with E-state index >= 15 is 0 Å². The Labute approximate surface area is 149 Å². The minimum Gasteiger partial charge on any atom is -0.457 e. The van der Waals surface area contributed by atoms with Crippen molar-refractivity contribution in [3.05, 3.63) is 89.9 Å². The second-order valence-electron chi connectivity index (χ2n) is 5.26. The summed E-state index contributed by atoms with van der Waals surface area (Å²) in [5.74, 6) is -1.25. The molecule has 0 unspecified atom stereocenters. The summed E-state index contributed by atoms with van der Waals surface area (Å²) in [6.45, 7) is -0.414. The van der Waals surface area contributed by atoms with E-state index in [1.54, 1.807) is 36.4 Å². The molecule has 2 aromatic carbocycles. The van der Waals surface area contributed by atoms with Crippen LogP contribution in [0.2, 0.25) is 0 Å². The largest absolute Gasteiger partial charge is 0.457 e. The van der Waals surface area contributed by atoms with Crippen LogP contribution in [0.3, 0.4) is 0 Å². The Balaban J connectivity index is 1.56. The Hall–Kier alpha value is -3.67. The quantitative estimate of drug-likeness (QED) is 0.384. The molecule has 6 nitrogen and oxygen atoms in total. The second-order valence-corrected chi connectivity index (χ2v) is 5.26. The van der Waals surface area contributed by atoms with Gasteiger partial charge in [-0.1, -0.05) is 18.2 Å². The predicted octanol–water partition coefficient (Wildman–Crippen LogP) is 3.54. The molecular weight excluding hydrogens is 336 g/mol. The normalized spacial score (nSPS) is 10.2. The topological polar surface area (TPSA) is 82.8 Å². The van der Waals surface area contributed by atoms with E-state index in [0.717, 1.165) is 0 Å². The number of rotatable bonds is 6. The maximum atomic E-state index is 12.1. The zero-order valence-electron chi connectivity index (χ0n) is 13.6. The van der Waals surface area contributed by atoms with Gasteiger partial charge in [0.2, 0.25) is 5.76 Å². The van der Waals surface area contributed by atoms with E-state index in [-0.39, 0.29) is 11.5 Å². The van der Waals surface area contributed by atoms with Gasteiger partial charge in [0.25, 0.3) is 0 Å². The smallest absolute Gasteiger partial charge is 0.374 e. The fourth-order valence-corrected chi connectivity index (χ4v) is 2.13. The number of Topliss-reactive ketones (excluding diaryl/α,β-unsaturated/α-hetero) is 1. The van der Waals surface area contributed by atoms with Crippen LogP contribution in [0.1, 0.15) is 31.3 Å². The van der Waals surface area contributed by atoms with E-state index in [4.69, 9.17) is 13.9 Å². The van der Waals surface area contributed by atoms with Crippen LogP contribution in [0.5, 0.6) is 5.75 Å². The van der Waals surface area contributed by atoms with E-state index in [9.17, 15) is 14.4 Å². The third-order valence-electron chi connectivity index (χ3n) is 3.45. The number of carbonyl (C=O) groups excluding carboxylic acids is 3. The number of esters is 2. The zero-order chi connectivity index (χ0) is 18.4. The lowest BCUT2D eigenvalue weighted by molar-refractivity contribution is 0.0444. The number of ether oxygens (including phenoxy) is 2. The zero-order valence-corrected chi connectivity index (χ0v) is 13.6. The molecule has 3 rings (SSSR count). The summed E-state index contributed by atoms with van der Waals surface area (Å²) in [7, 11) is 0. The Morgan fingerprint density at radius 2 is 1.50 bits per heavy atom. The van der Waals surface area contributed by atoms with E-state index in [1.807, 2.05) is 0 Å². The van der Waals surface area contributed by atoms with Crippen molar-refractivity contribution in [3.63, 3.8) is 0 Å². The first-order valence-corrected chi connectivity index (χ1v) is 7.74. The van der Waals surface area contributed by atoms with Crippen LogP contribution in [-0.2, 0) is 4.74 Å². The molecule has 0 amide bonds. The maximum absolute atomic E-state index is 12.1. The Morgan fingerprint density at radius 1 is 0.769 bits per heavy atom. The lowest BCUT2D eigenvalue weighted by Crippen LogP contribution is -2.14. The first-order chi connectivity index (χ1) is 12.6. The number of hydrogen-bond acceptors (Lipinski definition) is 6. The highest BCUT2D eigenvalue weighted by atomic mass is 16.5. The standard InChI is InChI=1S/C20H14O6/c21-17(13-25-20(23)18-7-4-12-24-18)14-8-10-16(11-9-14)26-19(22)15-5-2-1-3-6-15/h1-12H,13H2. The Kier molecular flexibility index (Phi) is 5.24. The summed E-state index contributed by atoms with van der Waals surface area (Å²) in [4.78, 5) is 35.7. The van der Waals surface area contributed by atoms with Crippen LogP contribution in [0.25, 0.3) is 0 Å². The number of furan rings is 1. The van der Waals surface area contributed by atoms with Crippen LogP contribution in [0.15, 0.2) is 77.4 Å². The maximum Gasteiger partial charge on any atom is 0.374 e.